The molecule has 0 aliphatic heterocycles. The second-order valence-corrected chi connectivity index (χ2v) is 7.40. The first-order valence-electron chi connectivity index (χ1n) is 10.1. The third-order valence-electron chi connectivity index (χ3n) is 5.22. The molecule has 2 heterocycles. The topological polar surface area (TPSA) is 51.0 Å². The molecule has 2 aromatic heterocycles. The third-order valence-corrected chi connectivity index (χ3v) is 5.22. The van der Waals surface area contributed by atoms with Crippen LogP contribution in [0, 0.1) is 12.7 Å². The lowest BCUT2D eigenvalue weighted by atomic mass is 10.1. The molecule has 0 bridgehead atoms. The van der Waals surface area contributed by atoms with Gasteiger partial charge in [-0.25, -0.2) is 9.37 Å². The summed E-state index contributed by atoms with van der Waals surface area (Å²) in [6.45, 7) is 3.28. The Kier molecular flexibility index (Phi) is 6.17. The lowest BCUT2D eigenvalue weighted by Gasteiger charge is -2.23. The SMILES string of the molecule is Cc1ccccc1Cn1ccnc1CN(Cc1cccnc1)C(=O)c1ccccc1F. The summed E-state index contributed by atoms with van der Waals surface area (Å²) in [6.07, 6.45) is 7.02. The quantitative estimate of drug-likeness (QED) is 0.444. The van der Waals surface area contributed by atoms with E-state index in [0.717, 1.165) is 11.4 Å². The van der Waals surface area contributed by atoms with Gasteiger partial charge >= 0.3 is 0 Å². The summed E-state index contributed by atoms with van der Waals surface area (Å²) in [6, 6.07) is 17.9. The van der Waals surface area contributed by atoms with Crippen LogP contribution < -0.4 is 0 Å². The van der Waals surface area contributed by atoms with Gasteiger partial charge in [-0.3, -0.25) is 9.78 Å². The van der Waals surface area contributed by atoms with Crippen molar-refractivity contribution in [1.82, 2.24) is 19.4 Å². The van der Waals surface area contributed by atoms with Gasteiger partial charge in [-0.05, 0) is 41.8 Å². The molecule has 0 spiro atoms. The Morgan fingerprint density at radius 2 is 1.81 bits per heavy atom. The highest BCUT2D eigenvalue weighted by molar-refractivity contribution is 5.94. The summed E-state index contributed by atoms with van der Waals surface area (Å²) < 4.78 is 16.4. The van der Waals surface area contributed by atoms with Gasteiger partial charge in [0, 0.05) is 37.9 Å². The number of rotatable bonds is 7. The van der Waals surface area contributed by atoms with Crippen molar-refractivity contribution in [1.29, 1.82) is 0 Å². The molecule has 0 saturated heterocycles. The van der Waals surface area contributed by atoms with Gasteiger partial charge in [0.1, 0.15) is 11.6 Å². The summed E-state index contributed by atoms with van der Waals surface area (Å²) in [7, 11) is 0. The summed E-state index contributed by atoms with van der Waals surface area (Å²) in [5.41, 5.74) is 3.28. The predicted molar refractivity (Wildman–Crippen MR) is 117 cm³/mol. The fourth-order valence-electron chi connectivity index (χ4n) is 3.49. The second kappa shape index (κ2) is 9.34. The number of hydrogen-bond acceptors (Lipinski definition) is 3. The van der Waals surface area contributed by atoms with E-state index in [1.807, 2.05) is 35.0 Å². The Balaban J connectivity index is 1.63. The van der Waals surface area contributed by atoms with Crippen LogP contribution in [0.2, 0.25) is 0 Å². The van der Waals surface area contributed by atoms with Crippen LogP contribution >= 0.6 is 0 Å². The maximum atomic E-state index is 14.3. The molecule has 5 nitrogen and oxygen atoms in total. The van der Waals surface area contributed by atoms with Gasteiger partial charge in [-0.15, -0.1) is 0 Å². The number of imidazole rings is 1. The molecule has 0 N–H and O–H groups in total. The van der Waals surface area contributed by atoms with Crippen molar-refractivity contribution in [2.75, 3.05) is 0 Å². The molecule has 4 aromatic rings. The number of carbonyl (C=O) groups is 1. The average molecular weight is 414 g/mol. The Bertz CT molecular complexity index is 1170. The lowest BCUT2D eigenvalue weighted by molar-refractivity contribution is 0.0719. The molecule has 0 fully saturated rings. The number of amides is 1. The minimum atomic E-state index is -0.535. The van der Waals surface area contributed by atoms with Crippen molar-refractivity contribution >= 4 is 5.91 Å². The average Bonchev–Trinajstić information content (AvgIpc) is 3.22. The number of hydrogen-bond donors (Lipinski definition) is 0. The van der Waals surface area contributed by atoms with E-state index >= 15 is 0 Å². The number of aryl methyl sites for hydroxylation is 1. The molecule has 156 valence electrons. The monoisotopic (exact) mass is 414 g/mol. The summed E-state index contributed by atoms with van der Waals surface area (Å²) in [4.78, 5) is 23.5. The highest BCUT2D eigenvalue weighted by Gasteiger charge is 2.21. The number of aromatic nitrogens is 3. The van der Waals surface area contributed by atoms with Crippen LogP contribution in [-0.2, 0) is 19.6 Å². The number of halogens is 1. The van der Waals surface area contributed by atoms with Crippen molar-refractivity contribution in [2.24, 2.45) is 0 Å². The number of carbonyl (C=O) groups excluding carboxylic acids is 1. The number of nitrogens with zero attached hydrogens (tertiary/aromatic N) is 4. The van der Waals surface area contributed by atoms with Gasteiger partial charge in [0.2, 0.25) is 0 Å². The standard InChI is InChI=1S/C25H23FN4O/c1-19-7-2-3-9-21(19)17-29-14-13-28-24(29)18-30(16-20-8-6-12-27-15-20)25(31)22-10-4-5-11-23(22)26/h2-15H,16-18H2,1H3. The molecule has 2 aromatic carbocycles. The molecule has 0 radical (unpaired) electrons. The first-order chi connectivity index (χ1) is 15.1. The van der Waals surface area contributed by atoms with Crippen LogP contribution in [0.4, 0.5) is 4.39 Å². The molecule has 31 heavy (non-hydrogen) atoms. The van der Waals surface area contributed by atoms with E-state index in [-0.39, 0.29) is 18.0 Å². The van der Waals surface area contributed by atoms with E-state index in [9.17, 15) is 9.18 Å². The van der Waals surface area contributed by atoms with Gasteiger partial charge < -0.3 is 9.47 Å². The van der Waals surface area contributed by atoms with Crippen molar-refractivity contribution in [3.63, 3.8) is 0 Å². The molecule has 0 atom stereocenters. The maximum Gasteiger partial charge on any atom is 0.257 e. The number of benzene rings is 2. The second-order valence-electron chi connectivity index (χ2n) is 7.40. The van der Waals surface area contributed by atoms with Crippen LogP contribution in [0.3, 0.4) is 0 Å². The first-order valence-corrected chi connectivity index (χ1v) is 10.1. The molecule has 6 heteroatoms. The zero-order valence-electron chi connectivity index (χ0n) is 17.3. The van der Waals surface area contributed by atoms with Gasteiger partial charge in [0.25, 0.3) is 5.91 Å². The van der Waals surface area contributed by atoms with Gasteiger partial charge in [-0.1, -0.05) is 42.5 Å². The fourth-order valence-corrected chi connectivity index (χ4v) is 3.49. The summed E-state index contributed by atoms with van der Waals surface area (Å²) in [5.74, 6) is -0.184. The normalized spacial score (nSPS) is 10.8. The Morgan fingerprint density at radius 1 is 1.00 bits per heavy atom. The van der Waals surface area contributed by atoms with Gasteiger partial charge in [-0.2, -0.15) is 0 Å². The van der Waals surface area contributed by atoms with E-state index in [2.05, 4.69) is 29.0 Å². The molecular formula is C25H23FN4O. The molecular weight excluding hydrogens is 391 g/mol. The fraction of sp³-hybridized carbons (Fsp3) is 0.160. The van der Waals surface area contributed by atoms with E-state index in [0.29, 0.717) is 13.1 Å². The van der Waals surface area contributed by atoms with E-state index in [1.54, 1.807) is 35.6 Å². The Hall–Kier alpha value is -3.80. The minimum absolute atomic E-state index is 0.0448. The molecule has 4 rings (SSSR count). The van der Waals surface area contributed by atoms with Crippen molar-refractivity contribution in [3.8, 4) is 0 Å². The van der Waals surface area contributed by atoms with E-state index in [4.69, 9.17) is 0 Å². The first kappa shape index (κ1) is 20.5. The van der Waals surface area contributed by atoms with Crippen LogP contribution in [0.25, 0.3) is 0 Å². The largest absolute Gasteiger partial charge is 0.329 e. The number of pyridine rings is 1. The van der Waals surface area contributed by atoms with Crippen LogP contribution in [0.15, 0.2) is 85.5 Å². The van der Waals surface area contributed by atoms with Crippen molar-refractivity contribution in [2.45, 2.75) is 26.6 Å². The zero-order valence-corrected chi connectivity index (χ0v) is 17.3. The van der Waals surface area contributed by atoms with Crippen LogP contribution in [-0.4, -0.2) is 25.3 Å². The highest BCUT2D eigenvalue weighted by Crippen LogP contribution is 2.17. The molecule has 1 amide bonds. The zero-order chi connectivity index (χ0) is 21.6. The van der Waals surface area contributed by atoms with Crippen molar-refractivity contribution < 1.29 is 9.18 Å². The predicted octanol–water partition coefficient (Wildman–Crippen LogP) is 4.62. The smallest absolute Gasteiger partial charge is 0.257 e. The van der Waals surface area contributed by atoms with E-state index in [1.165, 1.54) is 23.3 Å². The van der Waals surface area contributed by atoms with Crippen LogP contribution in [0.1, 0.15) is 32.9 Å². The van der Waals surface area contributed by atoms with E-state index < -0.39 is 5.82 Å². The van der Waals surface area contributed by atoms with Gasteiger partial charge in [0.05, 0.1) is 12.1 Å². The summed E-state index contributed by atoms with van der Waals surface area (Å²) in [5, 5.41) is 0. The highest BCUT2D eigenvalue weighted by atomic mass is 19.1. The molecule has 0 unspecified atom stereocenters. The Morgan fingerprint density at radius 3 is 2.58 bits per heavy atom. The molecule has 0 aliphatic carbocycles. The van der Waals surface area contributed by atoms with Crippen molar-refractivity contribution in [3.05, 3.63) is 119 Å². The Labute approximate surface area is 180 Å². The third kappa shape index (κ3) is 4.86. The summed E-state index contributed by atoms with van der Waals surface area (Å²) >= 11 is 0. The van der Waals surface area contributed by atoms with Gasteiger partial charge in [0.15, 0.2) is 0 Å². The lowest BCUT2D eigenvalue weighted by Crippen LogP contribution is -2.32. The molecule has 0 saturated carbocycles. The van der Waals surface area contributed by atoms with Crippen LogP contribution in [0.5, 0.6) is 0 Å². The molecule has 0 aliphatic rings. The maximum absolute atomic E-state index is 14.3. The minimum Gasteiger partial charge on any atom is -0.329 e.